The van der Waals surface area contributed by atoms with Crippen molar-refractivity contribution in [2.24, 2.45) is 0 Å². The Morgan fingerprint density at radius 1 is 1.10 bits per heavy atom. The molecule has 0 N–H and O–H groups in total. The largest absolute Gasteiger partial charge is 0.415 e. The van der Waals surface area contributed by atoms with Crippen LogP contribution in [0.15, 0.2) is 48.5 Å². The molecule has 0 atom stereocenters. The summed E-state index contributed by atoms with van der Waals surface area (Å²) in [6.07, 6.45) is -0.569. The standard InChI is InChI=1S/C15H13F2NO2/c1-18(10-11-7-8-13(16)14(17)9-11)15(19)20-12-5-3-2-4-6-12/h2-9H,10H2,1H3. The maximum Gasteiger partial charge on any atom is 0.415 e. The van der Waals surface area contributed by atoms with Crippen molar-refractivity contribution in [2.45, 2.75) is 6.54 Å². The average molecular weight is 277 g/mol. The van der Waals surface area contributed by atoms with Crippen LogP contribution in [0.3, 0.4) is 0 Å². The third kappa shape index (κ3) is 3.54. The first-order valence-corrected chi connectivity index (χ1v) is 5.98. The van der Waals surface area contributed by atoms with E-state index in [-0.39, 0.29) is 6.54 Å². The summed E-state index contributed by atoms with van der Waals surface area (Å²) in [4.78, 5) is 13.1. The van der Waals surface area contributed by atoms with Gasteiger partial charge < -0.3 is 9.64 Å². The van der Waals surface area contributed by atoms with Crippen LogP contribution >= 0.6 is 0 Å². The van der Waals surface area contributed by atoms with Crippen LogP contribution in [0.1, 0.15) is 5.56 Å². The van der Waals surface area contributed by atoms with Gasteiger partial charge in [0.1, 0.15) is 5.75 Å². The quantitative estimate of drug-likeness (QED) is 0.858. The van der Waals surface area contributed by atoms with Gasteiger partial charge in [-0.05, 0) is 29.8 Å². The molecule has 0 aliphatic heterocycles. The Morgan fingerprint density at radius 2 is 1.80 bits per heavy atom. The lowest BCUT2D eigenvalue weighted by molar-refractivity contribution is 0.160. The van der Waals surface area contributed by atoms with Crippen molar-refractivity contribution in [1.82, 2.24) is 4.90 Å². The highest BCUT2D eigenvalue weighted by Gasteiger charge is 2.12. The minimum absolute atomic E-state index is 0.128. The minimum atomic E-state index is -0.938. The van der Waals surface area contributed by atoms with Crippen LogP contribution in [0.4, 0.5) is 13.6 Å². The molecular formula is C15H13F2NO2. The summed E-state index contributed by atoms with van der Waals surface area (Å²) in [5.41, 5.74) is 0.483. The van der Waals surface area contributed by atoms with Crippen molar-refractivity contribution >= 4 is 6.09 Å². The zero-order valence-electron chi connectivity index (χ0n) is 10.8. The monoisotopic (exact) mass is 277 g/mol. The van der Waals surface area contributed by atoms with Crippen molar-refractivity contribution in [3.63, 3.8) is 0 Å². The van der Waals surface area contributed by atoms with E-state index in [9.17, 15) is 13.6 Å². The van der Waals surface area contributed by atoms with Crippen LogP contribution in [0, 0.1) is 11.6 Å². The highest BCUT2D eigenvalue weighted by Crippen LogP contribution is 2.13. The summed E-state index contributed by atoms with van der Waals surface area (Å²) in [6.45, 7) is 0.128. The van der Waals surface area contributed by atoms with Crippen molar-refractivity contribution in [1.29, 1.82) is 0 Å². The van der Waals surface area contributed by atoms with E-state index in [1.54, 1.807) is 24.3 Å². The van der Waals surface area contributed by atoms with Gasteiger partial charge in [0.05, 0.1) is 0 Å². The van der Waals surface area contributed by atoms with E-state index in [4.69, 9.17) is 4.74 Å². The Balaban J connectivity index is 1.98. The summed E-state index contributed by atoms with van der Waals surface area (Å²) in [5, 5.41) is 0. The zero-order valence-corrected chi connectivity index (χ0v) is 10.8. The van der Waals surface area contributed by atoms with Gasteiger partial charge in [-0.2, -0.15) is 0 Å². The molecular weight excluding hydrogens is 264 g/mol. The van der Waals surface area contributed by atoms with Gasteiger partial charge in [0, 0.05) is 13.6 Å². The second kappa shape index (κ2) is 6.14. The lowest BCUT2D eigenvalue weighted by Crippen LogP contribution is -2.29. The van der Waals surface area contributed by atoms with Crippen LogP contribution in [-0.2, 0) is 6.54 Å². The topological polar surface area (TPSA) is 29.5 Å². The number of rotatable bonds is 3. The van der Waals surface area contributed by atoms with Crippen molar-refractivity contribution in [2.75, 3.05) is 7.05 Å². The van der Waals surface area contributed by atoms with E-state index in [1.807, 2.05) is 6.07 Å². The SMILES string of the molecule is CN(Cc1ccc(F)c(F)c1)C(=O)Oc1ccccc1. The first kappa shape index (κ1) is 14.0. The minimum Gasteiger partial charge on any atom is -0.410 e. The van der Waals surface area contributed by atoms with E-state index in [0.717, 1.165) is 12.1 Å². The molecule has 0 fully saturated rings. The Morgan fingerprint density at radius 3 is 2.45 bits per heavy atom. The van der Waals surface area contributed by atoms with Crippen LogP contribution < -0.4 is 4.74 Å². The number of hydrogen-bond donors (Lipinski definition) is 0. The molecule has 0 radical (unpaired) electrons. The van der Waals surface area contributed by atoms with E-state index >= 15 is 0 Å². The number of para-hydroxylation sites is 1. The third-order valence-corrected chi connectivity index (χ3v) is 2.66. The highest BCUT2D eigenvalue weighted by molar-refractivity contribution is 5.70. The second-order valence-electron chi connectivity index (χ2n) is 4.29. The van der Waals surface area contributed by atoms with Gasteiger partial charge in [-0.1, -0.05) is 24.3 Å². The number of carbonyl (C=O) groups excluding carboxylic acids is 1. The molecule has 0 aromatic heterocycles. The number of carbonyl (C=O) groups is 1. The molecule has 2 rings (SSSR count). The Labute approximate surface area is 115 Å². The fraction of sp³-hybridized carbons (Fsp3) is 0.133. The average Bonchev–Trinajstić information content (AvgIpc) is 2.44. The predicted octanol–water partition coefficient (Wildman–Crippen LogP) is 3.60. The molecule has 0 spiro atoms. The van der Waals surface area contributed by atoms with Gasteiger partial charge in [-0.3, -0.25) is 0 Å². The van der Waals surface area contributed by atoms with E-state index in [2.05, 4.69) is 0 Å². The molecule has 1 amide bonds. The van der Waals surface area contributed by atoms with Crippen LogP contribution in [0.25, 0.3) is 0 Å². The summed E-state index contributed by atoms with van der Waals surface area (Å²) in [6, 6.07) is 12.1. The molecule has 104 valence electrons. The van der Waals surface area contributed by atoms with Gasteiger partial charge in [0.25, 0.3) is 0 Å². The number of ether oxygens (including phenoxy) is 1. The van der Waals surface area contributed by atoms with Gasteiger partial charge >= 0.3 is 6.09 Å². The van der Waals surface area contributed by atoms with Crippen molar-refractivity contribution < 1.29 is 18.3 Å². The molecule has 0 saturated heterocycles. The van der Waals surface area contributed by atoms with Crippen LogP contribution in [0.2, 0.25) is 0 Å². The second-order valence-corrected chi connectivity index (χ2v) is 4.29. The molecule has 0 bridgehead atoms. The van der Waals surface area contributed by atoms with Crippen LogP contribution in [0.5, 0.6) is 5.75 Å². The molecule has 0 heterocycles. The van der Waals surface area contributed by atoms with Gasteiger partial charge in [0.2, 0.25) is 0 Å². The normalized spacial score (nSPS) is 10.2. The maximum absolute atomic E-state index is 13.1. The number of amides is 1. The Hall–Kier alpha value is -2.43. The molecule has 2 aromatic rings. The smallest absolute Gasteiger partial charge is 0.410 e. The fourth-order valence-corrected chi connectivity index (χ4v) is 1.64. The lowest BCUT2D eigenvalue weighted by Gasteiger charge is -2.16. The highest BCUT2D eigenvalue weighted by atomic mass is 19.2. The number of benzene rings is 2. The number of hydrogen-bond acceptors (Lipinski definition) is 2. The summed E-state index contributed by atoms with van der Waals surface area (Å²) in [7, 11) is 1.52. The van der Waals surface area contributed by atoms with E-state index < -0.39 is 17.7 Å². The molecule has 3 nitrogen and oxygen atoms in total. The third-order valence-electron chi connectivity index (χ3n) is 2.66. The number of halogens is 2. The zero-order chi connectivity index (χ0) is 14.5. The maximum atomic E-state index is 13.1. The summed E-state index contributed by atoms with van der Waals surface area (Å²) >= 11 is 0. The van der Waals surface area contributed by atoms with Gasteiger partial charge in [-0.25, -0.2) is 13.6 Å². The van der Waals surface area contributed by atoms with Crippen LogP contribution in [-0.4, -0.2) is 18.0 Å². The first-order valence-electron chi connectivity index (χ1n) is 5.98. The molecule has 20 heavy (non-hydrogen) atoms. The van der Waals surface area contributed by atoms with Crippen molar-refractivity contribution in [3.8, 4) is 5.75 Å². The molecule has 2 aromatic carbocycles. The van der Waals surface area contributed by atoms with Gasteiger partial charge in [0.15, 0.2) is 11.6 Å². The molecule has 5 heteroatoms. The van der Waals surface area contributed by atoms with E-state index in [0.29, 0.717) is 11.3 Å². The number of nitrogens with zero attached hydrogens (tertiary/aromatic N) is 1. The fourth-order valence-electron chi connectivity index (χ4n) is 1.64. The van der Waals surface area contributed by atoms with Gasteiger partial charge in [-0.15, -0.1) is 0 Å². The lowest BCUT2D eigenvalue weighted by atomic mass is 10.2. The Bertz CT molecular complexity index is 602. The molecule has 0 aliphatic carbocycles. The summed E-state index contributed by atoms with van der Waals surface area (Å²) < 4.78 is 31.0. The molecule has 0 saturated carbocycles. The van der Waals surface area contributed by atoms with Crippen molar-refractivity contribution in [3.05, 3.63) is 65.7 Å². The Kier molecular flexibility index (Phi) is 4.30. The molecule has 0 unspecified atom stereocenters. The first-order chi connectivity index (χ1) is 9.56. The van der Waals surface area contributed by atoms with E-state index in [1.165, 1.54) is 18.0 Å². The predicted molar refractivity (Wildman–Crippen MR) is 70.3 cm³/mol. The molecule has 0 aliphatic rings. The summed E-state index contributed by atoms with van der Waals surface area (Å²) in [5.74, 6) is -1.43.